The number of halogens is 2. The van der Waals surface area contributed by atoms with Crippen molar-refractivity contribution in [2.75, 3.05) is 19.8 Å². The van der Waals surface area contributed by atoms with Gasteiger partial charge in [0.25, 0.3) is 0 Å². The van der Waals surface area contributed by atoms with Crippen LogP contribution in [0, 0.1) is 0 Å². The highest BCUT2D eigenvalue weighted by Gasteiger charge is 2.45. The van der Waals surface area contributed by atoms with Gasteiger partial charge in [0.1, 0.15) is 0 Å². The van der Waals surface area contributed by atoms with Gasteiger partial charge in [-0.3, -0.25) is 0 Å². The van der Waals surface area contributed by atoms with Crippen molar-refractivity contribution in [1.29, 1.82) is 0 Å². The maximum Gasteiger partial charge on any atom is 0.0595 e. The fourth-order valence-corrected chi connectivity index (χ4v) is 3.98. The average molecular weight is 304 g/mol. The van der Waals surface area contributed by atoms with Crippen LogP contribution in [-0.2, 0) is 5.41 Å². The third kappa shape index (κ3) is 2.40. The quantitative estimate of drug-likeness (QED) is 0.813. The highest BCUT2D eigenvalue weighted by molar-refractivity contribution is 7.80. The van der Waals surface area contributed by atoms with E-state index >= 15 is 0 Å². The largest absolute Gasteiger partial charge is 0.305 e. The van der Waals surface area contributed by atoms with Crippen LogP contribution in [0.15, 0.2) is 18.2 Å². The average Bonchev–Trinajstić information content (AvgIpc) is 2.26. The molecule has 0 aliphatic heterocycles. The van der Waals surface area contributed by atoms with Crippen LogP contribution in [0.4, 0.5) is 0 Å². The Kier molecular flexibility index (Phi) is 4.53. The van der Waals surface area contributed by atoms with E-state index in [2.05, 4.69) is 37.7 Å². The number of nitrogens with zero attached hydrogens (tertiary/aromatic N) is 1. The second kappa shape index (κ2) is 5.62. The summed E-state index contributed by atoms with van der Waals surface area (Å²) in [7, 11) is 4.25. The van der Waals surface area contributed by atoms with E-state index in [0.29, 0.717) is 16.1 Å². The Labute approximate surface area is 125 Å². The summed E-state index contributed by atoms with van der Waals surface area (Å²) < 4.78 is 0. The monoisotopic (exact) mass is 303 g/mol. The van der Waals surface area contributed by atoms with E-state index < -0.39 is 0 Å². The molecule has 1 aromatic rings. The molecule has 1 atom stereocenters. The van der Waals surface area contributed by atoms with Gasteiger partial charge in [-0.05, 0) is 44.6 Å². The van der Waals surface area contributed by atoms with Crippen molar-refractivity contribution in [3.8, 4) is 0 Å². The van der Waals surface area contributed by atoms with Crippen LogP contribution in [0.2, 0.25) is 10.0 Å². The minimum Gasteiger partial charge on any atom is -0.305 e. The van der Waals surface area contributed by atoms with E-state index in [9.17, 15) is 0 Å². The number of likely N-dealkylation sites (N-methyl/N-ethyl adjacent to an activating group) is 1. The van der Waals surface area contributed by atoms with E-state index in [4.69, 9.17) is 23.2 Å². The van der Waals surface area contributed by atoms with Gasteiger partial charge >= 0.3 is 0 Å². The Bertz CT molecular complexity index is 430. The van der Waals surface area contributed by atoms with Crippen LogP contribution in [0.5, 0.6) is 0 Å². The molecular formula is C14H19Cl2NS. The van der Waals surface area contributed by atoms with Crippen LogP contribution in [-0.4, -0.2) is 30.8 Å². The molecule has 1 fully saturated rings. The second-order valence-electron chi connectivity index (χ2n) is 5.30. The van der Waals surface area contributed by atoms with E-state index in [1.54, 1.807) is 0 Å². The maximum absolute atomic E-state index is 6.16. The highest BCUT2D eigenvalue weighted by Crippen LogP contribution is 2.49. The lowest BCUT2D eigenvalue weighted by atomic mass is 9.60. The number of benzene rings is 1. The van der Waals surface area contributed by atoms with E-state index in [1.165, 1.54) is 24.8 Å². The normalized spacial score (nSPS) is 19.7. The zero-order valence-corrected chi connectivity index (χ0v) is 13.2. The zero-order chi connectivity index (χ0) is 13.3. The predicted molar refractivity (Wildman–Crippen MR) is 83.3 cm³/mol. The van der Waals surface area contributed by atoms with Crippen molar-refractivity contribution in [2.45, 2.75) is 30.7 Å². The lowest BCUT2D eigenvalue weighted by Gasteiger charge is -2.50. The van der Waals surface area contributed by atoms with Crippen LogP contribution >= 0.6 is 35.8 Å². The summed E-state index contributed by atoms with van der Waals surface area (Å²) >= 11 is 16.7. The number of hydrogen-bond donors (Lipinski definition) is 1. The molecule has 1 saturated carbocycles. The molecule has 1 unspecified atom stereocenters. The molecule has 1 aliphatic carbocycles. The molecule has 1 nitrogen and oxygen atoms in total. The van der Waals surface area contributed by atoms with Gasteiger partial charge in [0.15, 0.2) is 0 Å². The van der Waals surface area contributed by atoms with Gasteiger partial charge in [-0.1, -0.05) is 35.7 Å². The van der Waals surface area contributed by atoms with E-state index in [1.807, 2.05) is 12.1 Å². The first-order valence-electron chi connectivity index (χ1n) is 6.24. The van der Waals surface area contributed by atoms with Crippen molar-refractivity contribution in [2.24, 2.45) is 0 Å². The molecule has 18 heavy (non-hydrogen) atoms. The molecule has 0 radical (unpaired) electrons. The zero-order valence-electron chi connectivity index (χ0n) is 10.8. The lowest BCUT2D eigenvalue weighted by molar-refractivity contribution is 0.113. The van der Waals surface area contributed by atoms with Crippen molar-refractivity contribution < 1.29 is 0 Å². The molecule has 0 aromatic heterocycles. The maximum atomic E-state index is 6.16. The first-order chi connectivity index (χ1) is 8.51. The van der Waals surface area contributed by atoms with Crippen molar-refractivity contribution in [1.82, 2.24) is 4.90 Å². The standard InChI is InChI=1S/C14H19Cl2NS/c1-17(2)13(9-18)14(6-3-7-14)10-4-5-11(15)12(16)8-10/h4-5,8,13,18H,3,6-7,9H2,1-2H3. The van der Waals surface area contributed by atoms with Gasteiger partial charge in [-0.2, -0.15) is 12.6 Å². The molecule has 0 N–H and O–H groups in total. The molecule has 0 bridgehead atoms. The Morgan fingerprint density at radius 1 is 1.28 bits per heavy atom. The molecular weight excluding hydrogens is 285 g/mol. The van der Waals surface area contributed by atoms with Gasteiger partial charge in [0.05, 0.1) is 10.0 Å². The molecule has 2 rings (SSSR count). The summed E-state index contributed by atoms with van der Waals surface area (Å²) in [6, 6.07) is 6.49. The lowest BCUT2D eigenvalue weighted by Crippen LogP contribution is -2.53. The highest BCUT2D eigenvalue weighted by atomic mass is 35.5. The first kappa shape index (κ1) is 14.5. The Morgan fingerprint density at radius 3 is 2.33 bits per heavy atom. The van der Waals surface area contributed by atoms with Crippen molar-refractivity contribution in [3.05, 3.63) is 33.8 Å². The van der Waals surface area contributed by atoms with Gasteiger partial charge in [-0.25, -0.2) is 0 Å². The minimum atomic E-state index is 0.194. The van der Waals surface area contributed by atoms with Gasteiger partial charge in [-0.15, -0.1) is 0 Å². The van der Waals surface area contributed by atoms with Gasteiger partial charge in [0.2, 0.25) is 0 Å². The summed E-state index contributed by atoms with van der Waals surface area (Å²) in [6.45, 7) is 0. The second-order valence-corrected chi connectivity index (χ2v) is 6.48. The first-order valence-corrected chi connectivity index (χ1v) is 7.63. The summed E-state index contributed by atoms with van der Waals surface area (Å²) in [5, 5.41) is 1.28. The van der Waals surface area contributed by atoms with Crippen LogP contribution in [0.3, 0.4) is 0 Å². The number of rotatable bonds is 4. The summed E-state index contributed by atoms with van der Waals surface area (Å²) in [5.74, 6) is 0.854. The number of hydrogen-bond acceptors (Lipinski definition) is 2. The molecule has 4 heteroatoms. The van der Waals surface area contributed by atoms with Crippen LogP contribution < -0.4 is 0 Å². The molecule has 0 amide bonds. The number of thiol groups is 1. The Hall–Kier alpha value is 0.110. The third-order valence-electron chi connectivity index (χ3n) is 4.17. The molecule has 0 spiro atoms. The third-order valence-corrected chi connectivity index (χ3v) is 5.26. The van der Waals surface area contributed by atoms with E-state index in [-0.39, 0.29) is 5.41 Å². The van der Waals surface area contributed by atoms with Crippen molar-refractivity contribution >= 4 is 35.8 Å². The molecule has 0 saturated heterocycles. The molecule has 100 valence electrons. The van der Waals surface area contributed by atoms with Gasteiger partial charge < -0.3 is 4.90 Å². The Morgan fingerprint density at radius 2 is 1.94 bits per heavy atom. The summed E-state index contributed by atoms with van der Waals surface area (Å²) in [5.41, 5.74) is 1.50. The van der Waals surface area contributed by atoms with E-state index in [0.717, 1.165) is 5.75 Å². The summed E-state index contributed by atoms with van der Waals surface area (Å²) in [4.78, 5) is 2.27. The summed E-state index contributed by atoms with van der Waals surface area (Å²) in [6.07, 6.45) is 3.68. The van der Waals surface area contributed by atoms with Crippen molar-refractivity contribution in [3.63, 3.8) is 0 Å². The topological polar surface area (TPSA) is 3.24 Å². The fraction of sp³-hybridized carbons (Fsp3) is 0.571. The van der Waals surface area contributed by atoms with Gasteiger partial charge in [0, 0.05) is 17.2 Å². The smallest absolute Gasteiger partial charge is 0.0595 e. The van der Waals surface area contributed by atoms with Crippen LogP contribution in [0.25, 0.3) is 0 Å². The SMILES string of the molecule is CN(C)C(CS)C1(c2ccc(Cl)c(Cl)c2)CCC1. The fourth-order valence-electron chi connectivity index (χ4n) is 3.01. The predicted octanol–water partition coefficient (Wildman–Crippen LogP) is 4.28. The Balaban J connectivity index is 2.40. The molecule has 0 heterocycles. The molecule has 1 aromatic carbocycles. The van der Waals surface area contributed by atoms with Crippen LogP contribution in [0.1, 0.15) is 24.8 Å². The molecule has 1 aliphatic rings. The minimum absolute atomic E-state index is 0.194.